The first kappa shape index (κ1) is 17.5. The van der Waals surface area contributed by atoms with E-state index < -0.39 is 0 Å². The van der Waals surface area contributed by atoms with Gasteiger partial charge in [-0.3, -0.25) is 4.79 Å². The minimum atomic E-state index is -0.221. The molecule has 0 radical (unpaired) electrons. The molecule has 0 bridgehead atoms. The third-order valence-electron chi connectivity index (χ3n) is 4.77. The molecule has 1 aliphatic heterocycles. The predicted molar refractivity (Wildman–Crippen MR) is 108 cm³/mol. The molecule has 6 nitrogen and oxygen atoms in total. The van der Waals surface area contributed by atoms with Crippen LogP contribution in [-0.2, 0) is 4.79 Å². The van der Waals surface area contributed by atoms with E-state index in [0.717, 1.165) is 29.3 Å². The van der Waals surface area contributed by atoms with Crippen LogP contribution in [0.25, 0.3) is 10.8 Å². The topological polar surface area (TPSA) is 74.3 Å². The molecule has 0 spiro atoms. The van der Waals surface area contributed by atoms with Gasteiger partial charge in [-0.2, -0.15) is 0 Å². The van der Waals surface area contributed by atoms with Crippen molar-refractivity contribution in [3.05, 3.63) is 54.0 Å². The highest BCUT2D eigenvalue weighted by Crippen LogP contribution is 2.25. The average Bonchev–Trinajstić information content (AvgIpc) is 3.21. The first-order chi connectivity index (χ1) is 13.2. The smallest absolute Gasteiger partial charge is 0.321 e. The van der Waals surface area contributed by atoms with Gasteiger partial charge < -0.3 is 15.5 Å². The lowest BCUT2D eigenvalue weighted by Crippen LogP contribution is -2.45. The second kappa shape index (κ2) is 7.75. The lowest BCUT2D eigenvalue weighted by atomic mass is 9.97. The number of thiazole rings is 1. The molecular weight excluding hydrogens is 360 g/mol. The second-order valence-electron chi connectivity index (χ2n) is 6.57. The van der Waals surface area contributed by atoms with E-state index in [2.05, 4.69) is 15.6 Å². The third kappa shape index (κ3) is 3.93. The van der Waals surface area contributed by atoms with E-state index >= 15 is 0 Å². The molecule has 2 aromatic carbocycles. The number of urea groups is 1. The van der Waals surface area contributed by atoms with E-state index in [1.54, 1.807) is 11.1 Å². The highest BCUT2D eigenvalue weighted by molar-refractivity contribution is 7.13. The molecule has 3 amide bonds. The summed E-state index contributed by atoms with van der Waals surface area (Å²) in [6, 6.07) is 13.6. The Morgan fingerprint density at radius 3 is 2.81 bits per heavy atom. The fourth-order valence-electron chi connectivity index (χ4n) is 3.40. The normalized spacial score (nSPS) is 16.9. The number of amides is 3. The largest absolute Gasteiger partial charge is 0.324 e. The van der Waals surface area contributed by atoms with Crippen molar-refractivity contribution in [1.29, 1.82) is 0 Å². The molecule has 1 atom stereocenters. The van der Waals surface area contributed by atoms with Crippen molar-refractivity contribution in [2.45, 2.75) is 12.8 Å². The molecule has 27 heavy (non-hydrogen) atoms. The zero-order chi connectivity index (χ0) is 18.6. The van der Waals surface area contributed by atoms with Gasteiger partial charge >= 0.3 is 6.03 Å². The SMILES string of the molecule is O=C(Nc1nccs1)[C@H]1CCCN(C(=O)Nc2cccc3ccccc23)C1. The van der Waals surface area contributed by atoms with Crippen molar-refractivity contribution < 1.29 is 9.59 Å². The number of carbonyl (C=O) groups excluding carboxylic acids is 2. The van der Waals surface area contributed by atoms with Gasteiger partial charge in [-0.05, 0) is 24.3 Å². The molecule has 2 heterocycles. The number of benzene rings is 2. The van der Waals surface area contributed by atoms with E-state index in [4.69, 9.17) is 0 Å². The zero-order valence-electron chi connectivity index (χ0n) is 14.7. The Morgan fingerprint density at radius 2 is 1.96 bits per heavy atom. The summed E-state index contributed by atoms with van der Waals surface area (Å²) in [4.78, 5) is 31.0. The number of hydrogen-bond acceptors (Lipinski definition) is 4. The van der Waals surface area contributed by atoms with E-state index in [-0.39, 0.29) is 17.9 Å². The molecule has 7 heteroatoms. The number of rotatable bonds is 3. The lowest BCUT2D eigenvalue weighted by molar-refractivity contribution is -0.121. The van der Waals surface area contributed by atoms with E-state index in [9.17, 15) is 9.59 Å². The number of nitrogens with one attached hydrogen (secondary N) is 2. The van der Waals surface area contributed by atoms with Crippen LogP contribution >= 0.6 is 11.3 Å². The van der Waals surface area contributed by atoms with Crippen molar-refractivity contribution in [1.82, 2.24) is 9.88 Å². The highest BCUT2D eigenvalue weighted by Gasteiger charge is 2.29. The standard InChI is InChI=1S/C20H20N4O2S/c25-18(23-19-21-10-12-27-19)15-7-4-11-24(13-15)20(26)22-17-9-3-6-14-5-1-2-8-16(14)17/h1-3,5-6,8-10,12,15H,4,7,11,13H2,(H,22,26)(H,21,23,25)/t15-/m0/s1. The molecule has 138 valence electrons. The van der Waals surface area contributed by atoms with Crippen LogP contribution in [0.4, 0.5) is 15.6 Å². The Hall–Kier alpha value is -2.93. The maximum atomic E-state index is 12.8. The molecule has 2 N–H and O–H groups in total. The number of likely N-dealkylation sites (tertiary alicyclic amines) is 1. The molecule has 1 saturated heterocycles. The van der Waals surface area contributed by atoms with E-state index in [1.165, 1.54) is 11.3 Å². The summed E-state index contributed by atoms with van der Waals surface area (Å²) in [5, 5.41) is 10.3. The summed E-state index contributed by atoms with van der Waals surface area (Å²) in [6.45, 7) is 1.06. The minimum Gasteiger partial charge on any atom is -0.324 e. The Morgan fingerprint density at radius 1 is 1.11 bits per heavy atom. The van der Waals surface area contributed by atoms with Crippen molar-refractivity contribution in [2.24, 2.45) is 5.92 Å². The average molecular weight is 380 g/mol. The third-order valence-corrected chi connectivity index (χ3v) is 5.46. The molecule has 1 aromatic heterocycles. The first-order valence-corrected chi connectivity index (χ1v) is 9.83. The second-order valence-corrected chi connectivity index (χ2v) is 7.46. The number of carbonyl (C=O) groups is 2. The number of nitrogens with zero attached hydrogens (tertiary/aromatic N) is 2. The van der Waals surface area contributed by atoms with Crippen molar-refractivity contribution in [2.75, 3.05) is 23.7 Å². The molecule has 0 saturated carbocycles. The number of piperidine rings is 1. The van der Waals surface area contributed by atoms with Gasteiger partial charge in [0, 0.05) is 30.1 Å². The van der Waals surface area contributed by atoms with Gasteiger partial charge in [0.05, 0.1) is 11.6 Å². The van der Waals surface area contributed by atoms with Gasteiger partial charge in [-0.1, -0.05) is 36.4 Å². The molecule has 4 rings (SSSR count). The first-order valence-electron chi connectivity index (χ1n) is 8.95. The molecule has 0 aliphatic carbocycles. The summed E-state index contributed by atoms with van der Waals surface area (Å²) in [5.41, 5.74) is 0.785. The van der Waals surface area contributed by atoms with Crippen LogP contribution in [0.15, 0.2) is 54.0 Å². The zero-order valence-corrected chi connectivity index (χ0v) is 15.5. The summed E-state index contributed by atoms with van der Waals surface area (Å²) >= 11 is 1.39. The van der Waals surface area contributed by atoms with Crippen LogP contribution in [-0.4, -0.2) is 34.9 Å². The van der Waals surface area contributed by atoms with E-state index in [0.29, 0.717) is 18.2 Å². The number of aromatic nitrogens is 1. The van der Waals surface area contributed by atoms with Gasteiger partial charge in [0.1, 0.15) is 0 Å². The Labute approximate surface area is 161 Å². The van der Waals surface area contributed by atoms with Crippen LogP contribution in [0, 0.1) is 5.92 Å². The summed E-state index contributed by atoms with van der Waals surface area (Å²) in [7, 11) is 0. The van der Waals surface area contributed by atoms with Crippen LogP contribution in [0.1, 0.15) is 12.8 Å². The van der Waals surface area contributed by atoms with Gasteiger partial charge in [-0.15, -0.1) is 11.3 Å². The van der Waals surface area contributed by atoms with Crippen LogP contribution in [0.2, 0.25) is 0 Å². The van der Waals surface area contributed by atoms with Crippen LogP contribution in [0.5, 0.6) is 0 Å². The lowest BCUT2D eigenvalue weighted by Gasteiger charge is -2.32. The minimum absolute atomic E-state index is 0.0763. The Kier molecular flexibility index (Phi) is 5.02. The number of hydrogen-bond donors (Lipinski definition) is 2. The Balaban J connectivity index is 1.43. The maximum Gasteiger partial charge on any atom is 0.321 e. The van der Waals surface area contributed by atoms with E-state index in [1.807, 2.05) is 47.8 Å². The van der Waals surface area contributed by atoms with Crippen molar-refractivity contribution in [3.63, 3.8) is 0 Å². The van der Waals surface area contributed by atoms with Crippen molar-refractivity contribution in [3.8, 4) is 0 Å². The monoisotopic (exact) mass is 380 g/mol. The highest BCUT2D eigenvalue weighted by atomic mass is 32.1. The van der Waals surface area contributed by atoms with Gasteiger partial charge in [0.15, 0.2) is 5.13 Å². The predicted octanol–water partition coefficient (Wildman–Crippen LogP) is 4.18. The molecule has 0 unspecified atom stereocenters. The van der Waals surface area contributed by atoms with Crippen LogP contribution in [0.3, 0.4) is 0 Å². The number of anilines is 2. The quantitative estimate of drug-likeness (QED) is 0.716. The number of fused-ring (bicyclic) bond motifs is 1. The van der Waals surface area contributed by atoms with Crippen LogP contribution < -0.4 is 10.6 Å². The molecule has 1 fully saturated rings. The molecule has 1 aliphatic rings. The summed E-state index contributed by atoms with van der Waals surface area (Å²) < 4.78 is 0. The molecular formula is C20H20N4O2S. The van der Waals surface area contributed by atoms with Gasteiger partial charge in [-0.25, -0.2) is 9.78 Å². The van der Waals surface area contributed by atoms with Gasteiger partial charge in [0.2, 0.25) is 5.91 Å². The molecule has 3 aromatic rings. The fraction of sp³-hybridized carbons (Fsp3) is 0.250. The Bertz CT molecular complexity index is 952. The van der Waals surface area contributed by atoms with Crippen molar-refractivity contribution >= 4 is 44.9 Å². The van der Waals surface area contributed by atoms with Gasteiger partial charge in [0.25, 0.3) is 0 Å². The fourth-order valence-corrected chi connectivity index (χ4v) is 3.93. The maximum absolute atomic E-state index is 12.8. The summed E-state index contributed by atoms with van der Waals surface area (Å²) in [6.07, 6.45) is 3.24. The summed E-state index contributed by atoms with van der Waals surface area (Å²) in [5.74, 6) is -0.298.